The fraction of sp³-hybridized carbons (Fsp3) is 0.150. The maximum absolute atomic E-state index is 13.1. The van der Waals surface area contributed by atoms with Crippen LogP contribution >= 0.6 is 11.6 Å². The number of carboxylic acids is 1. The number of nitrogens with zero attached hydrogens (tertiary/aromatic N) is 1. The summed E-state index contributed by atoms with van der Waals surface area (Å²) in [5.41, 5.74) is 1.96. The molecule has 1 aromatic heterocycles. The van der Waals surface area contributed by atoms with Crippen molar-refractivity contribution in [2.45, 2.75) is 13.3 Å². The van der Waals surface area contributed by atoms with E-state index in [-0.39, 0.29) is 18.1 Å². The highest BCUT2D eigenvalue weighted by Crippen LogP contribution is 2.30. The van der Waals surface area contributed by atoms with E-state index in [2.05, 4.69) is 5.32 Å². The van der Waals surface area contributed by atoms with Crippen molar-refractivity contribution >= 4 is 40.3 Å². The molecule has 2 aromatic carbocycles. The summed E-state index contributed by atoms with van der Waals surface area (Å²) in [4.78, 5) is 35.9. The van der Waals surface area contributed by atoms with E-state index >= 15 is 0 Å². The fourth-order valence-corrected chi connectivity index (χ4v) is 3.29. The lowest BCUT2D eigenvalue weighted by molar-refractivity contribution is -0.137. The molecule has 0 aliphatic heterocycles. The van der Waals surface area contributed by atoms with Gasteiger partial charge in [0.1, 0.15) is 12.3 Å². The molecule has 0 spiro atoms. The van der Waals surface area contributed by atoms with Crippen molar-refractivity contribution in [3.8, 4) is 5.75 Å². The number of aliphatic carboxylic acids is 1. The zero-order valence-electron chi connectivity index (χ0n) is 14.9. The van der Waals surface area contributed by atoms with E-state index < -0.39 is 18.4 Å². The summed E-state index contributed by atoms with van der Waals surface area (Å²) in [5.74, 6) is -1.98. The number of nitrogens with one attached hydrogen (secondary N) is 1. The minimum absolute atomic E-state index is 0.00736. The summed E-state index contributed by atoms with van der Waals surface area (Å²) in [7, 11) is 0. The molecule has 0 saturated heterocycles. The third kappa shape index (κ3) is 3.84. The highest BCUT2D eigenvalue weighted by atomic mass is 35.5. The first-order valence-electron chi connectivity index (χ1n) is 8.39. The standard InChI is InChI=1S/C20H17ClN2O5/c1-11-15(9-18(25)22-10-19(26)27)16-8-14(24)5-6-17(16)23(11)20(28)12-3-2-4-13(21)7-12/h2-8,24H,9-10H2,1H3,(H,22,25)(H,26,27). The fourth-order valence-electron chi connectivity index (χ4n) is 3.10. The number of benzene rings is 2. The van der Waals surface area contributed by atoms with Gasteiger partial charge in [0, 0.05) is 21.7 Å². The van der Waals surface area contributed by atoms with Crippen LogP contribution < -0.4 is 5.32 Å². The topological polar surface area (TPSA) is 109 Å². The number of carbonyl (C=O) groups excluding carboxylic acids is 2. The molecule has 0 atom stereocenters. The van der Waals surface area contributed by atoms with Crippen molar-refractivity contribution in [1.82, 2.24) is 9.88 Å². The van der Waals surface area contributed by atoms with Gasteiger partial charge in [-0.3, -0.25) is 19.0 Å². The van der Waals surface area contributed by atoms with Gasteiger partial charge in [0.2, 0.25) is 5.91 Å². The third-order valence-corrected chi connectivity index (χ3v) is 4.60. The normalized spacial score (nSPS) is 10.8. The molecule has 8 heteroatoms. The highest BCUT2D eigenvalue weighted by molar-refractivity contribution is 6.31. The maximum Gasteiger partial charge on any atom is 0.322 e. The maximum atomic E-state index is 13.1. The second kappa shape index (κ2) is 7.74. The number of aromatic nitrogens is 1. The van der Waals surface area contributed by atoms with E-state index in [1.54, 1.807) is 37.3 Å². The molecule has 1 heterocycles. The number of halogens is 1. The SMILES string of the molecule is Cc1c(CC(=O)NCC(=O)O)c2cc(O)ccc2n1C(=O)c1cccc(Cl)c1. The predicted octanol–water partition coefficient (Wildman–Crippen LogP) is 2.74. The average molecular weight is 401 g/mol. The van der Waals surface area contributed by atoms with Crippen LogP contribution in [-0.4, -0.2) is 39.1 Å². The molecular weight excluding hydrogens is 384 g/mol. The highest BCUT2D eigenvalue weighted by Gasteiger charge is 2.22. The predicted molar refractivity (Wildman–Crippen MR) is 104 cm³/mol. The number of aromatic hydroxyl groups is 1. The van der Waals surface area contributed by atoms with Gasteiger partial charge in [0.25, 0.3) is 5.91 Å². The van der Waals surface area contributed by atoms with Crippen molar-refractivity contribution < 1.29 is 24.6 Å². The zero-order valence-corrected chi connectivity index (χ0v) is 15.7. The van der Waals surface area contributed by atoms with Gasteiger partial charge in [-0.05, 0) is 48.9 Å². The number of phenols is 1. The lowest BCUT2D eigenvalue weighted by Gasteiger charge is -2.08. The van der Waals surface area contributed by atoms with Gasteiger partial charge in [-0.2, -0.15) is 0 Å². The van der Waals surface area contributed by atoms with Gasteiger partial charge in [0.15, 0.2) is 0 Å². The molecule has 28 heavy (non-hydrogen) atoms. The van der Waals surface area contributed by atoms with Crippen LogP contribution in [0.5, 0.6) is 5.75 Å². The van der Waals surface area contributed by atoms with Gasteiger partial charge >= 0.3 is 5.97 Å². The van der Waals surface area contributed by atoms with Gasteiger partial charge in [-0.25, -0.2) is 0 Å². The van der Waals surface area contributed by atoms with Crippen molar-refractivity contribution in [2.75, 3.05) is 6.54 Å². The van der Waals surface area contributed by atoms with Crippen LogP contribution in [0.1, 0.15) is 21.6 Å². The molecule has 3 rings (SSSR count). The summed E-state index contributed by atoms with van der Waals surface area (Å²) in [6.45, 7) is 1.20. The molecule has 0 saturated carbocycles. The van der Waals surface area contributed by atoms with Crippen LogP contribution in [0.3, 0.4) is 0 Å². The number of rotatable bonds is 5. The van der Waals surface area contributed by atoms with E-state index in [0.29, 0.717) is 32.7 Å². The molecule has 3 N–H and O–H groups in total. The Labute approximate surface area is 165 Å². The van der Waals surface area contributed by atoms with Crippen LogP contribution in [0.2, 0.25) is 5.02 Å². The number of fused-ring (bicyclic) bond motifs is 1. The van der Waals surface area contributed by atoms with Gasteiger partial charge in [0.05, 0.1) is 11.9 Å². The molecule has 0 fully saturated rings. The van der Waals surface area contributed by atoms with Gasteiger partial charge in [-0.15, -0.1) is 0 Å². The number of phenolic OH excluding ortho intramolecular Hbond substituents is 1. The van der Waals surface area contributed by atoms with E-state index in [4.69, 9.17) is 16.7 Å². The summed E-state index contributed by atoms with van der Waals surface area (Å²) in [5, 5.41) is 21.8. The molecule has 0 unspecified atom stereocenters. The zero-order chi connectivity index (χ0) is 20.4. The van der Waals surface area contributed by atoms with Crippen LogP contribution in [0.4, 0.5) is 0 Å². The van der Waals surface area contributed by atoms with Crippen molar-refractivity contribution in [3.05, 3.63) is 64.3 Å². The Bertz CT molecular complexity index is 1100. The Hall–Kier alpha value is -3.32. The Morgan fingerprint density at radius 3 is 2.57 bits per heavy atom. The quantitative estimate of drug-likeness (QED) is 0.610. The molecule has 7 nitrogen and oxygen atoms in total. The molecule has 0 aliphatic carbocycles. The smallest absolute Gasteiger partial charge is 0.322 e. The number of amides is 1. The van der Waals surface area contributed by atoms with E-state index in [9.17, 15) is 19.5 Å². The van der Waals surface area contributed by atoms with E-state index in [1.807, 2.05) is 0 Å². The Kier molecular flexibility index (Phi) is 5.37. The lowest BCUT2D eigenvalue weighted by Crippen LogP contribution is -2.30. The molecule has 0 aliphatic rings. The van der Waals surface area contributed by atoms with Crippen molar-refractivity contribution in [3.63, 3.8) is 0 Å². The van der Waals surface area contributed by atoms with Crippen molar-refractivity contribution in [1.29, 1.82) is 0 Å². The number of carboxylic acid groups (broad SMARTS) is 1. The third-order valence-electron chi connectivity index (χ3n) is 4.37. The second-order valence-electron chi connectivity index (χ2n) is 6.26. The molecule has 0 radical (unpaired) electrons. The first kappa shape index (κ1) is 19.4. The summed E-state index contributed by atoms with van der Waals surface area (Å²) in [6.07, 6.45) is -0.130. The van der Waals surface area contributed by atoms with Crippen LogP contribution in [0.25, 0.3) is 10.9 Å². The Balaban J connectivity index is 2.09. The summed E-state index contributed by atoms with van der Waals surface area (Å²) in [6, 6.07) is 11.0. The Morgan fingerprint density at radius 1 is 1.14 bits per heavy atom. The van der Waals surface area contributed by atoms with E-state index in [0.717, 1.165) is 0 Å². The average Bonchev–Trinajstić information content (AvgIpc) is 2.90. The largest absolute Gasteiger partial charge is 0.508 e. The van der Waals surface area contributed by atoms with Crippen LogP contribution in [0, 0.1) is 6.92 Å². The molecule has 1 amide bonds. The molecule has 0 bridgehead atoms. The summed E-state index contributed by atoms with van der Waals surface area (Å²) >= 11 is 5.99. The number of hydrogen-bond acceptors (Lipinski definition) is 4. The minimum Gasteiger partial charge on any atom is -0.508 e. The van der Waals surface area contributed by atoms with Crippen molar-refractivity contribution in [2.24, 2.45) is 0 Å². The molecule has 3 aromatic rings. The molecular formula is C20H17ClN2O5. The van der Waals surface area contributed by atoms with Gasteiger partial charge in [-0.1, -0.05) is 17.7 Å². The minimum atomic E-state index is -1.15. The number of hydrogen-bond donors (Lipinski definition) is 3. The Morgan fingerprint density at radius 2 is 1.89 bits per heavy atom. The first-order valence-corrected chi connectivity index (χ1v) is 8.77. The van der Waals surface area contributed by atoms with E-state index in [1.165, 1.54) is 16.7 Å². The molecule has 144 valence electrons. The van der Waals surface area contributed by atoms with Crippen LogP contribution in [-0.2, 0) is 16.0 Å². The first-order chi connectivity index (χ1) is 13.3. The summed E-state index contributed by atoms with van der Waals surface area (Å²) < 4.78 is 1.46. The lowest BCUT2D eigenvalue weighted by atomic mass is 10.1. The second-order valence-corrected chi connectivity index (χ2v) is 6.70. The monoisotopic (exact) mass is 400 g/mol. The number of carbonyl (C=O) groups is 3. The van der Waals surface area contributed by atoms with Crippen LogP contribution in [0.15, 0.2) is 42.5 Å². The van der Waals surface area contributed by atoms with Gasteiger partial charge < -0.3 is 15.5 Å².